The summed E-state index contributed by atoms with van der Waals surface area (Å²) in [5.41, 5.74) is 2.13. The van der Waals surface area contributed by atoms with E-state index in [0.717, 1.165) is 5.56 Å². The van der Waals surface area contributed by atoms with Crippen LogP contribution in [0.5, 0.6) is 17.2 Å². The number of aromatic hydroxyl groups is 1. The Kier molecular flexibility index (Phi) is 4.99. The van der Waals surface area contributed by atoms with Gasteiger partial charge in [-0.3, -0.25) is 0 Å². The fourth-order valence-electron chi connectivity index (χ4n) is 3.24. The predicted molar refractivity (Wildman–Crippen MR) is 112 cm³/mol. The van der Waals surface area contributed by atoms with Crippen molar-refractivity contribution in [3.63, 3.8) is 0 Å². The van der Waals surface area contributed by atoms with Crippen molar-refractivity contribution in [1.29, 1.82) is 0 Å². The van der Waals surface area contributed by atoms with E-state index in [-0.39, 0.29) is 17.1 Å². The number of aromatic carboxylic acids is 1. The predicted octanol–water partition coefficient (Wildman–Crippen LogP) is 6.22. The Labute approximate surface area is 168 Å². The third kappa shape index (κ3) is 3.69. The van der Waals surface area contributed by atoms with Crippen molar-refractivity contribution in [3.8, 4) is 39.5 Å². The molecule has 0 amide bonds. The van der Waals surface area contributed by atoms with E-state index in [1.165, 1.54) is 6.07 Å². The maximum atomic E-state index is 12.1. The molecule has 0 saturated carbocycles. The lowest BCUT2D eigenvalue weighted by Crippen LogP contribution is -2.03. The van der Waals surface area contributed by atoms with E-state index in [0.29, 0.717) is 22.4 Å². The summed E-state index contributed by atoms with van der Waals surface area (Å²) in [7, 11) is 0. The molecule has 4 rings (SSSR count). The maximum absolute atomic E-state index is 12.1. The molecule has 0 aliphatic rings. The summed E-state index contributed by atoms with van der Waals surface area (Å²) in [4.78, 5) is 12.1. The molecule has 4 nitrogen and oxygen atoms in total. The normalized spacial score (nSPS) is 10.5. The van der Waals surface area contributed by atoms with Gasteiger partial charge in [0.1, 0.15) is 17.1 Å². The van der Waals surface area contributed by atoms with Crippen molar-refractivity contribution >= 4 is 5.97 Å². The number of carboxylic acids is 1. The highest BCUT2D eigenvalue weighted by Crippen LogP contribution is 2.47. The highest BCUT2D eigenvalue weighted by molar-refractivity contribution is 6.00. The highest BCUT2D eigenvalue weighted by Gasteiger charge is 2.25. The van der Waals surface area contributed by atoms with Crippen LogP contribution in [0.4, 0.5) is 0 Å². The summed E-state index contributed by atoms with van der Waals surface area (Å²) >= 11 is 0. The van der Waals surface area contributed by atoms with E-state index in [2.05, 4.69) is 0 Å². The maximum Gasteiger partial charge on any atom is 0.339 e. The zero-order chi connectivity index (χ0) is 20.2. The fourth-order valence-corrected chi connectivity index (χ4v) is 3.24. The molecule has 2 N–H and O–H groups in total. The van der Waals surface area contributed by atoms with Crippen molar-refractivity contribution in [2.75, 3.05) is 0 Å². The molecular formula is C25H18O4. The van der Waals surface area contributed by atoms with Gasteiger partial charge in [0.15, 0.2) is 5.75 Å². The smallest absolute Gasteiger partial charge is 0.339 e. The number of ether oxygens (including phenoxy) is 1. The molecule has 4 heteroatoms. The molecule has 4 aromatic carbocycles. The summed E-state index contributed by atoms with van der Waals surface area (Å²) in [5, 5.41) is 21.1. The molecule has 0 bridgehead atoms. The number of carbonyl (C=O) groups is 1. The minimum Gasteiger partial charge on any atom is -0.507 e. The molecule has 0 aromatic heterocycles. The lowest BCUT2D eigenvalue weighted by atomic mass is 9.93. The van der Waals surface area contributed by atoms with Gasteiger partial charge < -0.3 is 14.9 Å². The molecule has 142 valence electrons. The Bertz CT molecular complexity index is 1140. The van der Waals surface area contributed by atoms with E-state index in [4.69, 9.17) is 4.74 Å². The SMILES string of the molecule is O=C(O)c1cc(-c2ccccc2)c(O)c(-c2ccccc2)c1Oc1ccccc1. The molecule has 0 saturated heterocycles. The summed E-state index contributed by atoms with van der Waals surface area (Å²) in [6.45, 7) is 0. The fraction of sp³-hybridized carbons (Fsp3) is 0. The van der Waals surface area contributed by atoms with E-state index in [1.54, 1.807) is 24.3 Å². The van der Waals surface area contributed by atoms with Crippen molar-refractivity contribution in [1.82, 2.24) is 0 Å². The number of benzene rings is 4. The van der Waals surface area contributed by atoms with Crippen molar-refractivity contribution in [3.05, 3.63) is 103 Å². The average Bonchev–Trinajstić information content (AvgIpc) is 2.76. The van der Waals surface area contributed by atoms with Gasteiger partial charge in [0, 0.05) is 5.56 Å². The second-order valence-corrected chi connectivity index (χ2v) is 6.48. The van der Waals surface area contributed by atoms with Gasteiger partial charge in [-0.15, -0.1) is 0 Å². The molecular weight excluding hydrogens is 364 g/mol. The van der Waals surface area contributed by atoms with Crippen LogP contribution in [0.25, 0.3) is 22.3 Å². The van der Waals surface area contributed by atoms with E-state index < -0.39 is 5.97 Å². The molecule has 0 radical (unpaired) electrons. The third-order valence-electron chi connectivity index (χ3n) is 4.59. The number of hydrogen-bond donors (Lipinski definition) is 2. The minimum atomic E-state index is -1.13. The second kappa shape index (κ2) is 7.90. The van der Waals surface area contributed by atoms with E-state index in [1.807, 2.05) is 66.7 Å². The van der Waals surface area contributed by atoms with Crippen LogP contribution in [0.3, 0.4) is 0 Å². The van der Waals surface area contributed by atoms with Gasteiger partial charge in [0.2, 0.25) is 0 Å². The van der Waals surface area contributed by atoms with Gasteiger partial charge >= 0.3 is 5.97 Å². The summed E-state index contributed by atoms with van der Waals surface area (Å²) in [5.74, 6) is -0.574. The lowest BCUT2D eigenvalue weighted by molar-refractivity contribution is 0.0694. The molecule has 0 spiro atoms. The second-order valence-electron chi connectivity index (χ2n) is 6.48. The quantitative estimate of drug-likeness (QED) is 0.430. The van der Waals surface area contributed by atoms with Crippen LogP contribution in [0.2, 0.25) is 0 Å². The number of para-hydroxylation sites is 1. The van der Waals surface area contributed by atoms with Crippen LogP contribution in [-0.4, -0.2) is 16.2 Å². The van der Waals surface area contributed by atoms with Crippen LogP contribution < -0.4 is 4.74 Å². The molecule has 4 aromatic rings. The Hall–Kier alpha value is -4.05. The molecule has 0 aliphatic heterocycles. The van der Waals surface area contributed by atoms with E-state index >= 15 is 0 Å². The first-order valence-corrected chi connectivity index (χ1v) is 9.12. The number of hydrogen-bond acceptors (Lipinski definition) is 3. The van der Waals surface area contributed by atoms with Gasteiger partial charge in [0.05, 0.1) is 5.56 Å². The van der Waals surface area contributed by atoms with Crippen LogP contribution >= 0.6 is 0 Å². The van der Waals surface area contributed by atoms with E-state index in [9.17, 15) is 15.0 Å². The summed E-state index contributed by atoms with van der Waals surface area (Å²) < 4.78 is 5.99. The number of rotatable bonds is 5. The molecule has 0 aliphatic carbocycles. The summed E-state index contributed by atoms with van der Waals surface area (Å²) in [6.07, 6.45) is 0. The average molecular weight is 382 g/mol. The Morgan fingerprint density at radius 3 is 1.79 bits per heavy atom. The first-order valence-electron chi connectivity index (χ1n) is 9.12. The van der Waals surface area contributed by atoms with Crippen LogP contribution in [0, 0.1) is 0 Å². The first-order chi connectivity index (χ1) is 14.1. The number of phenols is 1. The van der Waals surface area contributed by atoms with Gasteiger partial charge in [-0.1, -0.05) is 78.9 Å². The molecule has 0 unspecified atom stereocenters. The van der Waals surface area contributed by atoms with Crippen LogP contribution in [0.1, 0.15) is 10.4 Å². The van der Waals surface area contributed by atoms with Gasteiger partial charge in [-0.2, -0.15) is 0 Å². The van der Waals surface area contributed by atoms with Gasteiger partial charge in [-0.05, 0) is 29.3 Å². The number of phenolic OH excluding ortho intramolecular Hbond substituents is 1. The molecule has 0 atom stereocenters. The van der Waals surface area contributed by atoms with Crippen LogP contribution in [0.15, 0.2) is 97.1 Å². The van der Waals surface area contributed by atoms with Crippen molar-refractivity contribution in [2.24, 2.45) is 0 Å². The zero-order valence-electron chi connectivity index (χ0n) is 15.4. The first kappa shape index (κ1) is 18.3. The van der Waals surface area contributed by atoms with Gasteiger partial charge in [0.25, 0.3) is 0 Å². The van der Waals surface area contributed by atoms with Gasteiger partial charge in [-0.25, -0.2) is 4.79 Å². The topological polar surface area (TPSA) is 66.8 Å². The highest BCUT2D eigenvalue weighted by atomic mass is 16.5. The summed E-state index contributed by atoms with van der Waals surface area (Å²) in [6, 6.07) is 28.7. The molecule has 0 fully saturated rings. The Morgan fingerprint density at radius 1 is 0.724 bits per heavy atom. The largest absolute Gasteiger partial charge is 0.507 e. The molecule has 0 heterocycles. The standard InChI is InChI=1S/C25H18O4/c26-23-20(17-10-4-1-5-11-17)16-21(25(27)28)24(29-19-14-8-3-9-15-19)22(23)18-12-6-2-7-13-18/h1-16,26H,(H,27,28). The Balaban J connectivity index is 2.02. The van der Waals surface area contributed by atoms with Crippen molar-refractivity contribution in [2.45, 2.75) is 0 Å². The third-order valence-corrected chi connectivity index (χ3v) is 4.59. The minimum absolute atomic E-state index is 0.0237. The number of carboxylic acid groups (broad SMARTS) is 1. The Morgan fingerprint density at radius 2 is 1.24 bits per heavy atom. The zero-order valence-corrected chi connectivity index (χ0v) is 15.4. The lowest BCUT2D eigenvalue weighted by Gasteiger charge is -2.19. The monoisotopic (exact) mass is 382 g/mol. The molecule has 29 heavy (non-hydrogen) atoms. The van der Waals surface area contributed by atoms with Crippen molar-refractivity contribution < 1.29 is 19.7 Å². The van der Waals surface area contributed by atoms with Crippen LogP contribution in [-0.2, 0) is 0 Å².